The average molecular weight is 404 g/mol. The molecule has 0 spiro atoms. The summed E-state index contributed by atoms with van der Waals surface area (Å²) in [6.07, 6.45) is 13.7. The standard InChI is InChI=1S/C27H33NO2/c29-27(28-20-12-13-21-28)26-25(30-26)24-19-11-10-18-23(24)17-9-4-2-1-3-6-14-22-15-7-5-8-16-22/h5,7-8,10-13,15-16,18-19,25-26H,1-4,6,9,14,17,20-21H2/t25-,26+/m0/s1. The van der Waals surface area contributed by atoms with E-state index in [-0.39, 0.29) is 18.1 Å². The first kappa shape index (κ1) is 20.9. The first-order chi connectivity index (χ1) is 14.8. The Morgan fingerprint density at radius 2 is 1.43 bits per heavy atom. The van der Waals surface area contributed by atoms with Gasteiger partial charge in [0.1, 0.15) is 6.10 Å². The van der Waals surface area contributed by atoms with Gasteiger partial charge in [-0.15, -0.1) is 0 Å². The molecule has 0 bridgehead atoms. The van der Waals surface area contributed by atoms with E-state index in [1.54, 1.807) is 0 Å². The predicted octanol–water partition coefficient (Wildman–Crippen LogP) is 5.65. The summed E-state index contributed by atoms with van der Waals surface area (Å²) in [5.41, 5.74) is 4.02. The molecule has 1 amide bonds. The van der Waals surface area contributed by atoms with Crippen LogP contribution in [0.4, 0.5) is 0 Å². The maximum absolute atomic E-state index is 12.5. The molecule has 2 aliphatic heterocycles. The lowest BCUT2D eigenvalue weighted by Crippen LogP contribution is -2.32. The molecule has 1 saturated heterocycles. The zero-order valence-corrected chi connectivity index (χ0v) is 17.8. The molecule has 0 saturated carbocycles. The minimum atomic E-state index is -0.282. The van der Waals surface area contributed by atoms with Crippen LogP contribution in [0.15, 0.2) is 66.7 Å². The summed E-state index contributed by atoms with van der Waals surface area (Å²) >= 11 is 0. The Labute approximate surface area is 180 Å². The summed E-state index contributed by atoms with van der Waals surface area (Å²) in [5.74, 6) is 0.135. The Kier molecular flexibility index (Phi) is 7.36. The average Bonchev–Trinajstić information content (AvgIpc) is 3.39. The fraction of sp³-hybridized carbons (Fsp3) is 0.444. The molecule has 0 unspecified atom stereocenters. The molecule has 0 N–H and O–H groups in total. The highest BCUT2D eigenvalue weighted by molar-refractivity contribution is 5.84. The number of amides is 1. The maximum Gasteiger partial charge on any atom is 0.255 e. The summed E-state index contributed by atoms with van der Waals surface area (Å²) in [7, 11) is 0. The summed E-state index contributed by atoms with van der Waals surface area (Å²) in [4.78, 5) is 14.4. The third kappa shape index (κ3) is 5.60. The van der Waals surface area contributed by atoms with Gasteiger partial charge in [-0.05, 0) is 42.4 Å². The summed E-state index contributed by atoms with van der Waals surface area (Å²) in [5, 5.41) is 0. The van der Waals surface area contributed by atoms with Crippen LogP contribution in [0.2, 0.25) is 0 Å². The highest BCUT2D eigenvalue weighted by Crippen LogP contribution is 2.41. The summed E-state index contributed by atoms with van der Waals surface area (Å²) in [6.45, 7) is 1.44. The lowest BCUT2D eigenvalue weighted by Gasteiger charge is -2.13. The van der Waals surface area contributed by atoms with E-state index >= 15 is 0 Å². The SMILES string of the molecule is O=C([C@@H]1O[C@H]1c1ccccc1CCCCCCCCc1ccccc1)N1CC=CC1. The molecule has 3 heteroatoms. The molecule has 0 aromatic heterocycles. The number of rotatable bonds is 11. The molecule has 4 rings (SSSR count). The van der Waals surface area contributed by atoms with Crippen LogP contribution in [0.1, 0.15) is 61.3 Å². The Hall–Kier alpha value is -2.39. The lowest BCUT2D eigenvalue weighted by atomic mass is 9.97. The molecule has 2 aromatic rings. The Bertz CT molecular complexity index is 837. The van der Waals surface area contributed by atoms with Crippen molar-refractivity contribution in [2.24, 2.45) is 0 Å². The quantitative estimate of drug-likeness (QED) is 0.276. The number of nitrogens with zero attached hydrogens (tertiary/aromatic N) is 1. The van der Waals surface area contributed by atoms with Crippen LogP contribution in [0, 0.1) is 0 Å². The second-order valence-corrected chi connectivity index (χ2v) is 8.50. The van der Waals surface area contributed by atoms with Crippen LogP contribution in [-0.2, 0) is 22.4 Å². The summed E-state index contributed by atoms with van der Waals surface area (Å²) in [6, 6.07) is 19.3. The molecule has 158 valence electrons. The van der Waals surface area contributed by atoms with E-state index in [1.165, 1.54) is 61.6 Å². The molecule has 2 aliphatic rings. The molecule has 2 atom stereocenters. The van der Waals surface area contributed by atoms with Gasteiger partial charge in [0.25, 0.3) is 5.91 Å². The first-order valence-electron chi connectivity index (χ1n) is 11.5. The number of aryl methyl sites for hydroxylation is 2. The Morgan fingerprint density at radius 1 is 0.800 bits per heavy atom. The van der Waals surface area contributed by atoms with Crippen molar-refractivity contribution in [3.63, 3.8) is 0 Å². The number of hydrogen-bond acceptors (Lipinski definition) is 2. The number of carbonyl (C=O) groups is 1. The molecule has 2 aromatic carbocycles. The van der Waals surface area contributed by atoms with Gasteiger partial charge in [0.2, 0.25) is 0 Å². The molecule has 30 heavy (non-hydrogen) atoms. The Balaban J connectivity index is 1.14. The number of benzene rings is 2. The van der Waals surface area contributed by atoms with E-state index in [2.05, 4.69) is 54.6 Å². The minimum Gasteiger partial charge on any atom is -0.354 e. The van der Waals surface area contributed by atoms with Crippen LogP contribution in [0.25, 0.3) is 0 Å². The fourth-order valence-corrected chi connectivity index (χ4v) is 4.41. The van der Waals surface area contributed by atoms with E-state index in [0.717, 1.165) is 19.5 Å². The monoisotopic (exact) mass is 403 g/mol. The third-order valence-electron chi connectivity index (χ3n) is 6.23. The van der Waals surface area contributed by atoms with Crippen molar-refractivity contribution in [3.05, 3.63) is 83.4 Å². The van der Waals surface area contributed by atoms with Crippen LogP contribution < -0.4 is 0 Å². The normalized spacial score (nSPS) is 19.9. The van der Waals surface area contributed by atoms with Gasteiger partial charge < -0.3 is 9.64 Å². The van der Waals surface area contributed by atoms with E-state index in [0.29, 0.717) is 0 Å². The molecule has 3 nitrogen and oxygen atoms in total. The number of hydrogen-bond donors (Lipinski definition) is 0. The van der Waals surface area contributed by atoms with E-state index in [1.807, 2.05) is 17.1 Å². The molecule has 1 fully saturated rings. The van der Waals surface area contributed by atoms with Crippen molar-refractivity contribution < 1.29 is 9.53 Å². The van der Waals surface area contributed by atoms with Gasteiger partial charge in [0, 0.05) is 13.1 Å². The van der Waals surface area contributed by atoms with Crippen LogP contribution in [0.5, 0.6) is 0 Å². The van der Waals surface area contributed by atoms with Crippen LogP contribution >= 0.6 is 0 Å². The van der Waals surface area contributed by atoms with Gasteiger partial charge in [0.05, 0.1) is 0 Å². The second kappa shape index (κ2) is 10.6. The van der Waals surface area contributed by atoms with Crippen molar-refractivity contribution in [2.75, 3.05) is 13.1 Å². The van der Waals surface area contributed by atoms with Crippen molar-refractivity contribution in [3.8, 4) is 0 Å². The molecular weight excluding hydrogens is 370 g/mol. The first-order valence-corrected chi connectivity index (χ1v) is 11.5. The zero-order valence-electron chi connectivity index (χ0n) is 17.8. The largest absolute Gasteiger partial charge is 0.354 e. The van der Waals surface area contributed by atoms with E-state index in [4.69, 9.17) is 4.74 Å². The fourth-order valence-electron chi connectivity index (χ4n) is 4.41. The summed E-state index contributed by atoms with van der Waals surface area (Å²) < 4.78 is 5.81. The van der Waals surface area contributed by atoms with Gasteiger partial charge >= 0.3 is 0 Å². The molecular formula is C27H33NO2. The Morgan fingerprint density at radius 3 is 2.20 bits per heavy atom. The van der Waals surface area contributed by atoms with Crippen molar-refractivity contribution in [1.29, 1.82) is 0 Å². The van der Waals surface area contributed by atoms with Crippen molar-refractivity contribution >= 4 is 5.91 Å². The van der Waals surface area contributed by atoms with Gasteiger partial charge in [0.15, 0.2) is 6.10 Å². The minimum absolute atomic E-state index is 0.0488. The number of ether oxygens (including phenoxy) is 1. The molecule has 0 radical (unpaired) electrons. The number of unbranched alkanes of at least 4 members (excludes halogenated alkanes) is 5. The molecule has 2 heterocycles. The van der Waals surface area contributed by atoms with Gasteiger partial charge in [-0.25, -0.2) is 0 Å². The lowest BCUT2D eigenvalue weighted by molar-refractivity contribution is -0.131. The van der Waals surface area contributed by atoms with Crippen molar-refractivity contribution in [2.45, 2.75) is 63.6 Å². The zero-order chi connectivity index (χ0) is 20.6. The maximum atomic E-state index is 12.5. The number of carbonyl (C=O) groups excluding carboxylic acids is 1. The highest BCUT2D eigenvalue weighted by Gasteiger charge is 2.48. The van der Waals surface area contributed by atoms with E-state index in [9.17, 15) is 4.79 Å². The topological polar surface area (TPSA) is 32.8 Å². The highest BCUT2D eigenvalue weighted by atomic mass is 16.6. The predicted molar refractivity (Wildman–Crippen MR) is 121 cm³/mol. The number of epoxide rings is 1. The second-order valence-electron chi connectivity index (χ2n) is 8.50. The van der Waals surface area contributed by atoms with Crippen molar-refractivity contribution in [1.82, 2.24) is 4.90 Å². The van der Waals surface area contributed by atoms with Crippen LogP contribution in [-0.4, -0.2) is 30.0 Å². The van der Waals surface area contributed by atoms with Crippen LogP contribution in [0.3, 0.4) is 0 Å². The van der Waals surface area contributed by atoms with Gasteiger partial charge in [-0.1, -0.05) is 92.4 Å². The smallest absolute Gasteiger partial charge is 0.255 e. The van der Waals surface area contributed by atoms with Gasteiger partial charge in [-0.3, -0.25) is 4.79 Å². The van der Waals surface area contributed by atoms with E-state index < -0.39 is 0 Å². The van der Waals surface area contributed by atoms with Gasteiger partial charge in [-0.2, -0.15) is 0 Å². The molecule has 0 aliphatic carbocycles. The third-order valence-corrected chi connectivity index (χ3v) is 6.23.